The lowest BCUT2D eigenvalue weighted by atomic mass is 10.1. The van der Waals surface area contributed by atoms with Gasteiger partial charge >= 0.3 is 0 Å². The number of ether oxygens (including phenoxy) is 1. The second-order valence-corrected chi connectivity index (χ2v) is 7.73. The highest BCUT2D eigenvalue weighted by Crippen LogP contribution is 2.29. The molecule has 2 amide bonds. The van der Waals surface area contributed by atoms with Gasteiger partial charge in [0.2, 0.25) is 5.91 Å². The molecule has 0 bridgehead atoms. The third-order valence-corrected chi connectivity index (χ3v) is 5.62. The van der Waals surface area contributed by atoms with Gasteiger partial charge in [0.15, 0.2) is 0 Å². The van der Waals surface area contributed by atoms with Crippen LogP contribution in [0.3, 0.4) is 0 Å². The molecule has 0 aliphatic carbocycles. The number of rotatable bonds is 3. The molecule has 0 N–H and O–H groups in total. The molecule has 8 heteroatoms. The van der Waals surface area contributed by atoms with Crippen LogP contribution >= 0.6 is 11.6 Å². The lowest BCUT2D eigenvalue weighted by molar-refractivity contribution is -0.137. The summed E-state index contributed by atoms with van der Waals surface area (Å²) >= 11 is 6.04. The number of piperazine rings is 1. The zero-order valence-corrected chi connectivity index (χ0v) is 17.2. The number of carbonyl (C=O) groups is 2. The van der Waals surface area contributed by atoms with Crippen LogP contribution in [0.15, 0.2) is 28.3 Å². The van der Waals surface area contributed by atoms with Gasteiger partial charge in [-0.25, -0.2) is 0 Å². The average Bonchev–Trinajstić information content (AvgIpc) is 3.04. The van der Waals surface area contributed by atoms with Crippen LogP contribution in [0.25, 0.3) is 6.08 Å². The van der Waals surface area contributed by atoms with E-state index < -0.39 is 0 Å². The number of aromatic nitrogens is 1. The number of nitrogens with zero attached hydrogens (tertiary/aromatic N) is 3. The highest BCUT2D eigenvalue weighted by molar-refractivity contribution is 6.30. The van der Waals surface area contributed by atoms with Gasteiger partial charge in [0.1, 0.15) is 18.1 Å². The van der Waals surface area contributed by atoms with E-state index in [0.29, 0.717) is 42.5 Å². The van der Waals surface area contributed by atoms with Crippen molar-refractivity contribution >= 4 is 29.5 Å². The Bertz CT molecular complexity index is 970. The fourth-order valence-corrected chi connectivity index (χ4v) is 3.83. The molecule has 0 radical (unpaired) electrons. The molecule has 2 aromatic rings. The Morgan fingerprint density at radius 2 is 1.86 bits per heavy atom. The van der Waals surface area contributed by atoms with Crippen molar-refractivity contribution in [3.05, 3.63) is 51.4 Å². The lowest BCUT2D eigenvalue weighted by Crippen LogP contribution is -2.51. The summed E-state index contributed by atoms with van der Waals surface area (Å²) < 4.78 is 10.8. The highest BCUT2D eigenvalue weighted by Gasteiger charge is 2.28. The molecular weight excluding hydrogens is 394 g/mol. The van der Waals surface area contributed by atoms with E-state index in [1.54, 1.807) is 28.0 Å². The number of halogens is 1. The fraction of sp³-hybridized carbons (Fsp3) is 0.381. The van der Waals surface area contributed by atoms with Crippen LogP contribution in [0.4, 0.5) is 0 Å². The second kappa shape index (κ2) is 7.91. The largest absolute Gasteiger partial charge is 0.488 e. The molecule has 0 saturated carbocycles. The van der Waals surface area contributed by atoms with Gasteiger partial charge in [-0.05, 0) is 38.1 Å². The van der Waals surface area contributed by atoms with Gasteiger partial charge in [0.25, 0.3) is 5.91 Å². The first-order valence-electron chi connectivity index (χ1n) is 9.54. The third-order valence-electron chi connectivity index (χ3n) is 5.39. The first kappa shape index (κ1) is 19.5. The maximum Gasteiger partial charge on any atom is 0.253 e. The summed E-state index contributed by atoms with van der Waals surface area (Å²) in [5.74, 6) is 1.36. The first-order valence-corrected chi connectivity index (χ1v) is 9.92. The van der Waals surface area contributed by atoms with Crippen molar-refractivity contribution in [3.8, 4) is 5.75 Å². The van der Waals surface area contributed by atoms with Crippen molar-refractivity contribution in [2.75, 3.05) is 32.8 Å². The van der Waals surface area contributed by atoms with E-state index in [9.17, 15) is 9.59 Å². The van der Waals surface area contributed by atoms with Crippen LogP contribution < -0.4 is 4.74 Å². The van der Waals surface area contributed by atoms with Crippen molar-refractivity contribution in [1.82, 2.24) is 15.0 Å². The maximum absolute atomic E-state index is 12.9. The molecule has 7 nitrogen and oxygen atoms in total. The number of aryl methyl sites for hydroxylation is 2. The molecule has 152 valence electrons. The number of fused-ring (bicyclic) bond motifs is 1. The monoisotopic (exact) mass is 415 g/mol. The summed E-state index contributed by atoms with van der Waals surface area (Å²) in [6.07, 6.45) is 2.10. The molecule has 4 rings (SSSR count). The minimum Gasteiger partial charge on any atom is -0.488 e. The maximum atomic E-state index is 12.9. The number of benzene rings is 1. The normalized spacial score (nSPS) is 16.2. The van der Waals surface area contributed by atoms with Gasteiger partial charge in [0.05, 0.1) is 17.7 Å². The van der Waals surface area contributed by atoms with Gasteiger partial charge in [-0.2, -0.15) is 0 Å². The molecule has 1 saturated heterocycles. The molecule has 0 atom stereocenters. The molecule has 1 fully saturated rings. The zero-order valence-electron chi connectivity index (χ0n) is 16.4. The molecule has 0 spiro atoms. The van der Waals surface area contributed by atoms with E-state index >= 15 is 0 Å². The summed E-state index contributed by atoms with van der Waals surface area (Å²) in [5, 5.41) is 4.50. The molecular formula is C21H22ClN3O4. The van der Waals surface area contributed by atoms with Crippen LogP contribution in [0.2, 0.25) is 5.02 Å². The van der Waals surface area contributed by atoms with Gasteiger partial charge in [-0.3, -0.25) is 9.59 Å². The van der Waals surface area contributed by atoms with Crippen LogP contribution in [0.1, 0.15) is 22.6 Å². The van der Waals surface area contributed by atoms with Crippen molar-refractivity contribution in [2.45, 2.75) is 20.3 Å². The predicted octanol–water partition coefficient (Wildman–Crippen LogP) is 2.63. The molecule has 29 heavy (non-hydrogen) atoms. The van der Waals surface area contributed by atoms with Gasteiger partial charge in [0, 0.05) is 42.3 Å². The number of carbonyl (C=O) groups excluding carboxylic acids is 2. The average molecular weight is 416 g/mol. The summed E-state index contributed by atoms with van der Waals surface area (Å²) in [4.78, 5) is 29.1. The van der Waals surface area contributed by atoms with Gasteiger partial charge in [-0.1, -0.05) is 16.8 Å². The molecule has 3 heterocycles. The smallest absolute Gasteiger partial charge is 0.253 e. The number of hydrogen-bond acceptors (Lipinski definition) is 5. The predicted molar refractivity (Wildman–Crippen MR) is 108 cm³/mol. The standard InChI is InChI=1S/C21H22ClN3O4/c1-13-18(14(2)29-23-13)11-20(26)24-5-7-25(8-6-24)21(27)16-9-15-10-17(22)3-4-19(15)28-12-16/h3-4,9-10H,5-8,11-12H2,1-2H3. The zero-order chi connectivity index (χ0) is 20.5. The number of hydrogen-bond donors (Lipinski definition) is 0. The third kappa shape index (κ3) is 4.00. The quantitative estimate of drug-likeness (QED) is 0.770. The van der Waals surface area contributed by atoms with E-state index in [2.05, 4.69) is 5.16 Å². The molecule has 1 aromatic heterocycles. The number of amides is 2. The van der Waals surface area contributed by atoms with E-state index in [1.165, 1.54) is 0 Å². The minimum atomic E-state index is -0.0616. The van der Waals surface area contributed by atoms with Crippen molar-refractivity contribution in [1.29, 1.82) is 0 Å². The Labute approximate surface area is 173 Å². The molecule has 2 aliphatic rings. The highest BCUT2D eigenvalue weighted by atomic mass is 35.5. The summed E-state index contributed by atoms with van der Waals surface area (Å²) in [6.45, 7) is 5.87. The van der Waals surface area contributed by atoms with Crippen molar-refractivity contribution in [2.24, 2.45) is 0 Å². The van der Waals surface area contributed by atoms with Crippen LogP contribution in [0.5, 0.6) is 5.75 Å². The van der Waals surface area contributed by atoms with Crippen molar-refractivity contribution in [3.63, 3.8) is 0 Å². The Hall–Kier alpha value is -2.80. The Balaban J connectivity index is 1.37. The van der Waals surface area contributed by atoms with Crippen LogP contribution in [-0.2, 0) is 16.0 Å². The Kier molecular flexibility index (Phi) is 5.32. The summed E-state index contributed by atoms with van der Waals surface area (Å²) in [6, 6.07) is 5.35. The summed E-state index contributed by atoms with van der Waals surface area (Å²) in [5.41, 5.74) is 2.99. The molecule has 2 aliphatic heterocycles. The summed E-state index contributed by atoms with van der Waals surface area (Å²) in [7, 11) is 0. The van der Waals surface area contributed by atoms with Crippen LogP contribution in [-0.4, -0.2) is 59.6 Å². The SMILES string of the molecule is Cc1noc(C)c1CC(=O)N1CCN(C(=O)C2=Cc3cc(Cl)ccc3OC2)CC1. The van der Waals surface area contributed by atoms with E-state index in [1.807, 2.05) is 19.9 Å². The molecule has 0 unspecified atom stereocenters. The van der Waals surface area contributed by atoms with Crippen LogP contribution in [0, 0.1) is 13.8 Å². The fourth-order valence-electron chi connectivity index (χ4n) is 3.65. The minimum absolute atomic E-state index is 0.0234. The van der Waals surface area contributed by atoms with Gasteiger partial charge < -0.3 is 19.1 Å². The van der Waals surface area contributed by atoms with E-state index in [-0.39, 0.29) is 24.8 Å². The second-order valence-electron chi connectivity index (χ2n) is 7.29. The van der Waals surface area contributed by atoms with Crippen molar-refractivity contribution < 1.29 is 18.8 Å². The topological polar surface area (TPSA) is 75.9 Å². The first-order chi connectivity index (χ1) is 13.9. The Morgan fingerprint density at radius 1 is 1.14 bits per heavy atom. The van der Waals surface area contributed by atoms with Gasteiger partial charge in [-0.15, -0.1) is 0 Å². The van der Waals surface area contributed by atoms with E-state index in [4.69, 9.17) is 20.9 Å². The Morgan fingerprint density at radius 3 is 2.55 bits per heavy atom. The van der Waals surface area contributed by atoms with E-state index in [0.717, 1.165) is 22.6 Å². The lowest BCUT2D eigenvalue weighted by Gasteiger charge is -2.35. The molecule has 1 aromatic carbocycles.